The van der Waals surface area contributed by atoms with Gasteiger partial charge in [0.05, 0.1) is 12.5 Å². The van der Waals surface area contributed by atoms with Gasteiger partial charge >= 0.3 is 0 Å². The summed E-state index contributed by atoms with van der Waals surface area (Å²) < 4.78 is 21.3. The zero-order chi connectivity index (χ0) is 33.5. The van der Waals surface area contributed by atoms with E-state index in [0.29, 0.717) is 57.9 Å². The summed E-state index contributed by atoms with van der Waals surface area (Å²) >= 11 is 0. The Morgan fingerprint density at radius 3 is 2.37 bits per heavy atom. The molecule has 1 spiro atoms. The Balaban J connectivity index is 1.42. The van der Waals surface area contributed by atoms with Gasteiger partial charge in [-0.1, -0.05) is 97.1 Å². The molecule has 0 radical (unpaired) electrons. The SMILES string of the molecule is O=C1N(Cc2ccccc2)c2ccccc2[C@@]12c1c(-c3ccc4ccccc4c3)oc3c1[C@@](O)(CCC3)[C@H]([N+](=O)[O-])[C@H]2c1ccc(F)cc1. The number of rotatable bonds is 5. The topological polar surface area (TPSA) is 96.8 Å². The van der Waals surface area contributed by atoms with Crippen LogP contribution in [0.1, 0.15) is 52.3 Å². The minimum atomic E-state index is -1.95. The normalized spacial score (nSPS) is 23.9. The molecule has 6 aromatic rings. The fraction of sp³-hybridized carbons (Fsp3) is 0.195. The van der Waals surface area contributed by atoms with Crippen molar-refractivity contribution in [2.45, 2.75) is 48.8 Å². The molecule has 1 aromatic heterocycles. The van der Waals surface area contributed by atoms with Crippen LogP contribution in [0.3, 0.4) is 0 Å². The summed E-state index contributed by atoms with van der Waals surface area (Å²) in [5.74, 6) is -1.19. The largest absolute Gasteiger partial charge is 0.460 e. The first kappa shape index (κ1) is 29.5. The molecule has 242 valence electrons. The second kappa shape index (κ2) is 10.7. The Morgan fingerprint density at radius 1 is 0.878 bits per heavy atom. The van der Waals surface area contributed by atoms with E-state index < -0.39 is 33.7 Å². The summed E-state index contributed by atoms with van der Waals surface area (Å²) in [6, 6.07) is 34.8. The van der Waals surface area contributed by atoms with Crippen molar-refractivity contribution >= 4 is 22.4 Å². The molecule has 0 bridgehead atoms. The summed E-state index contributed by atoms with van der Waals surface area (Å²) in [4.78, 5) is 30.5. The van der Waals surface area contributed by atoms with Gasteiger partial charge in [-0.05, 0) is 64.6 Å². The smallest absolute Gasteiger partial charge is 0.254 e. The Bertz CT molecular complexity index is 2300. The predicted octanol–water partition coefficient (Wildman–Crippen LogP) is 8.04. The van der Waals surface area contributed by atoms with Crippen molar-refractivity contribution in [2.75, 3.05) is 4.90 Å². The second-order valence-corrected chi connectivity index (χ2v) is 13.4. The van der Waals surface area contributed by atoms with E-state index in [9.17, 15) is 19.6 Å². The highest BCUT2D eigenvalue weighted by atomic mass is 19.1. The van der Waals surface area contributed by atoms with E-state index in [-0.39, 0.29) is 18.9 Å². The molecular formula is C41H31FN2O5. The molecule has 5 aromatic carbocycles. The van der Waals surface area contributed by atoms with E-state index in [1.807, 2.05) is 97.1 Å². The molecule has 0 saturated carbocycles. The third kappa shape index (κ3) is 4.07. The van der Waals surface area contributed by atoms with Gasteiger partial charge < -0.3 is 14.4 Å². The quantitative estimate of drug-likeness (QED) is 0.151. The van der Waals surface area contributed by atoms with Gasteiger partial charge in [-0.3, -0.25) is 14.9 Å². The van der Waals surface area contributed by atoms with Crippen LogP contribution in [0.2, 0.25) is 0 Å². The van der Waals surface area contributed by atoms with E-state index in [1.54, 1.807) is 4.90 Å². The molecule has 2 aliphatic carbocycles. The minimum absolute atomic E-state index is 0.118. The van der Waals surface area contributed by atoms with Gasteiger partial charge in [-0.25, -0.2) is 4.39 Å². The van der Waals surface area contributed by atoms with Crippen molar-refractivity contribution in [1.29, 1.82) is 0 Å². The van der Waals surface area contributed by atoms with Crippen molar-refractivity contribution in [3.05, 3.63) is 171 Å². The molecule has 1 aliphatic heterocycles. The molecule has 4 atom stereocenters. The number of hydrogen-bond donors (Lipinski definition) is 1. The van der Waals surface area contributed by atoms with Gasteiger partial charge in [0, 0.05) is 33.7 Å². The molecular weight excluding hydrogens is 619 g/mol. The molecule has 0 fully saturated rings. The van der Waals surface area contributed by atoms with Gasteiger partial charge in [0.25, 0.3) is 6.04 Å². The van der Waals surface area contributed by atoms with Gasteiger partial charge in [0.1, 0.15) is 22.8 Å². The van der Waals surface area contributed by atoms with Crippen molar-refractivity contribution in [1.82, 2.24) is 0 Å². The van der Waals surface area contributed by atoms with Crippen molar-refractivity contribution in [3.63, 3.8) is 0 Å². The first-order valence-electron chi connectivity index (χ1n) is 16.5. The Morgan fingerprint density at radius 2 is 1.59 bits per heavy atom. The summed E-state index contributed by atoms with van der Waals surface area (Å²) in [7, 11) is 0. The number of nitrogens with zero attached hydrogens (tertiary/aromatic N) is 2. The maximum absolute atomic E-state index is 15.8. The summed E-state index contributed by atoms with van der Waals surface area (Å²) in [6.07, 6.45) is 1.04. The lowest BCUT2D eigenvalue weighted by atomic mass is 9.51. The summed E-state index contributed by atoms with van der Waals surface area (Å²) in [5.41, 5.74) is 0.371. The number of anilines is 1. The number of carbonyl (C=O) groups excluding carboxylic acids is 1. The van der Waals surface area contributed by atoms with Crippen LogP contribution in [0, 0.1) is 15.9 Å². The highest BCUT2D eigenvalue weighted by Crippen LogP contribution is 2.66. The Labute approximate surface area is 281 Å². The van der Waals surface area contributed by atoms with Crippen LogP contribution in [0.25, 0.3) is 22.1 Å². The second-order valence-electron chi connectivity index (χ2n) is 13.4. The van der Waals surface area contributed by atoms with Crippen LogP contribution in [0.5, 0.6) is 0 Å². The molecule has 7 nitrogen and oxygen atoms in total. The number of furan rings is 1. The zero-order valence-electron chi connectivity index (χ0n) is 26.4. The van der Waals surface area contributed by atoms with Crippen molar-refractivity contribution in [2.24, 2.45) is 0 Å². The van der Waals surface area contributed by atoms with E-state index in [1.165, 1.54) is 24.3 Å². The van der Waals surface area contributed by atoms with E-state index in [2.05, 4.69) is 0 Å². The van der Waals surface area contributed by atoms with Gasteiger partial charge in [0.2, 0.25) is 5.91 Å². The van der Waals surface area contributed by atoms with Crippen molar-refractivity contribution < 1.29 is 23.6 Å². The van der Waals surface area contributed by atoms with Crippen LogP contribution in [-0.4, -0.2) is 22.0 Å². The van der Waals surface area contributed by atoms with Crippen LogP contribution in [-0.2, 0) is 28.8 Å². The number of hydrogen-bond acceptors (Lipinski definition) is 5. The number of amides is 1. The summed E-state index contributed by atoms with van der Waals surface area (Å²) in [5, 5.41) is 28.3. The number of benzene rings is 5. The van der Waals surface area contributed by atoms with Crippen LogP contribution >= 0.6 is 0 Å². The minimum Gasteiger partial charge on any atom is -0.460 e. The maximum atomic E-state index is 15.8. The standard InChI is InChI=1S/C41H31FN2O5/c42-30-20-18-27(19-21-30)34-38(44(47)48)40(46)22-8-15-33-35(40)36(37(49-33)29-17-16-26-11-4-5-12-28(26)23-29)41(34)31-13-6-7-14-32(31)43(39(41)45)24-25-9-2-1-3-10-25/h1-7,9-14,16-21,23,34,38,46H,8,15,22,24H2/t34-,38-,40+,41-/m1/s1. The van der Waals surface area contributed by atoms with Crippen LogP contribution in [0.15, 0.2) is 126 Å². The molecule has 0 saturated heterocycles. The fourth-order valence-corrected chi connectivity index (χ4v) is 8.97. The molecule has 2 heterocycles. The average molecular weight is 651 g/mol. The van der Waals surface area contributed by atoms with Crippen molar-refractivity contribution in [3.8, 4) is 11.3 Å². The lowest BCUT2D eigenvalue weighted by Gasteiger charge is -2.49. The fourth-order valence-electron chi connectivity index (χ4n) is 8.97. The number of nitro groups is 1. The number of aryl methyl sites for hydroxylation is 1. The van der Waals surface area contributed by atoms with E-state index >= 15 is 4.79 Å². The van der Waals surface area contributed by atoms with Crippen LogP contribution in [0.4, 0.5) is 10.1 Å². The molecule has 3 aliphatic rings. The molecule has 1 N–H and O–H groups in total. The first-order valence-corrected chi connectivity index (χ1v) is 16.5. The highest BCUT2D eigenvalue weighted by Gasteiger charge is 2.73. The lowest BCUT2D eigenvalue weighted by molar-refractivity contribution is -0.556. The average Bonchev–Trinajstić information content (AvgIpc) is 3.62. The monoisotopic (exact) mass is 650 g/mol. The summed E-state index contributed by atoms with van der Waals surface area (Å²) in [6.45, 7) is 0.229. The van der Waals surface area contributed by atoms with E-state index in [0.717, 1.165) is 16.3 Å². The molecule has 1 amide bonds. The number of halogens is 1. The molecule has 8 heteroatoms. The van der Waals surface area contributed by atoms with E-state index in [4.69, 9.17) is 4.42 Å². The first-order chi connectivity index (χ1) is 23.8. The number of aliphatic hydroxyl groups is 1. The molecule has 49 heavy (non-hydrogen) atoms. The molecule has 0 unspecified atom stereocenters. The maximum Gasteiger partial charge on any atom is 0.254 e. The number of fused-ring (bicyclic) bond motifs is 4. The third-order valence-corrected chi connectivity index (χ3v) is 10.9. The number of carbonyl (C=O) groups is 1. The molecule has 9 rings (SSSR count). The van der Waals surface area contributed by atoms with Gasteiger partial charge in [-0.2, -0.15) is 0 Å². The highest BCUT2D eigenvalue weighted by molar-refractivity contribution is 6.13. The lowest BCUT2D eigenvalue weighted by Crippen LogP contribution is -2.62. The van der Waals surface area contributed by atoms with Crippen LogP contribution < -0.4 is 4.90 Å². The Hall–Kier alpha value is -5.60. The van der Waals surface area contributed by atoms with Gasteiger partial charge in [0.15, 0.2) is 5.60 Å². The predicted molar refractivity (Wildman–Crippen MR) is 183 cm³/mol. The number of para-hydroxylation sites is 1. The Kier molecular flexibility index (Phi) is 6.45. The third-order valence-electron chi connectivity index (χ3n) is 10.9. The van der Waals surface area contributed by atoms with Gasteiger partial charge in [-0.15, -0.1) is 0 Å². The zero-order valence-corrected chi connectivity index (χ0v) is 26.4.